The first-order valence-electron chi connectivity index (χ1n) is 9.70. The van der Waals surface area contributed by atoms with Crippen molar-refractivity contribution >= 4 is 17.3 Å². The Kier molecular flexibility index (Phi) is 6.52. The van der Waals surface area contributed by atoms with Crippen LogP contribution in [0.4, 0.5) is 15.8 Å². The number of rotatable bonds is 6. The lowest BCUT2D eigenvalue weighted by molar-refractivity contribution is -0.119. The average Bonchev–Trinajstić information content (AvgIpc) is 2.69. The van der Waals surface area contributed by atoms with Crippen LogP contribution in [-0.4, -0.2) is 57.6 Å². The molecule has 5 nitrogen and oxygen atoms in total. The SMILES string of the molecule is CC(=O)NC[C@H](c1ccc(N(C)C)cc1)N1CCN(c2ccc(F)cc2)CC1. The van der Waals surface area contributed by atoms with E-state index in [4.69, 9.17) is 0 Å². The van der Waals surface area contributed by atoms with Crippen LogP contribution in [0, 0.1) is 5.82 Å². The first kappa shape index (κ1) is 20.1. The van der Waals surface area contributed by atoms with E-state index < -0.39 is 0 Å². The number of benzene rings is 2. The van der Waals surface area contributed by atoms with E-state index in [-0.39, 0.29) is 17.8 Å². The highest BCUT2D eigenvalue weighted by Crippen LogP contribution is 2.25. The smallest absolute Gasteiger partial charge is 0.216 e. The second-order valence-electron chi connectivity index (χ2n) is 7.44. The van der Waals surface area contributed by atoms with Gasteiger partial charge in [0, 0.05) is 65.1 Å². The van der Waals surface area contributed by atoms with Crippen LogP contribution in [-0.2, 0) is 4.79 Å². The molecule has 1 amide bonds. The number of carbonyl (C=O) groups is 1. The summed E-state index contributed by atoms with van der Waals surface area (Å²) in [6, 6.07) is 15.3. The zero-order valence-corrected chi connectivity index (χ0v) is 16.9. The van der Waals surface area contributed by atoms with Gasteiger partial charge in [-0.15, -0.1) is 0 Å². The highest BCUT2D eigenvalue weighted by molar-refractivity contribution is 5.72. The molecule has 1 aliphatic rings. The van der Waals surface area contributed by atoms with E-state index >= 15 is 0 Å². The van der Waals surface area contributed by atoms with Gasteiger partial charge in [0.1, 0.15) is 5.82 Å². The second kappa shape index (κ2) is 9.06. The Labute approximate surface area is 166 Å². The predicted octanol–water partition coefficient (Wildman–Crippen LogP) is 2.89. The minimum atomic E-state index is -0.209. The van der Waals surface area contributed by atoms with Crippen LogP contribution in [0.5, 0.6) is 0 Å². The Morgan fingerprint density at radius 2 is 1.64 bits per heavy atom. The summed E-state index contributed by atoms with van der Waals surface area (Å²) in [6.07, 6.45) is 0. The van der Waals surface area contributed by atoms with Gasteiger partial charge in [-0.25, -0.2) is 4.39 Å². The van der Waals surface area contributed by atoms with Crippen molar-refractivity contribution in [3.63, 3.8) is 0 Å². The van der Waals surface area contributed by atoms with Crippen LogP contribution in [0.25, 0.3) is 0 Å². The summed E-state index contributed by atoms with van der Waals surface area (Å²) in [5, 5.41) is 2.98. The Balaban J connectivity index is 1.70. The number of hydrogen-bond acceptors (Lipinski definition) is 4. The quantitative estimate of drug-likeness (QED) is 0.831. The molecule has 0 aliphatic carbocycles. The Hall–Kier alpha value is -2.60. The van der Waals surface area contributed by atoms with E-state index in [2.05, 4.69) is 44.3 Å². The fourth-order valence-corrected chi connectivity index (χ4v) is 3.64. The van der Waals surface area contributed by atoms with Crippen LogP contribution in [0.1, 0.15) is 18.5 Å². The average molecular weight is 384 g/mol. The first-order valence-corrected chi connectivity index (χ1v) is 9.70. The zero-order chi connectivity index (χ0) is 20.1. The number of amides is 1. The summed E-state index contributed by atoms with van der Waals surface area (Å²) < 4.78 is 13.2. The van der Waals surface area contributed by atoms with E-state index in [1.54, 1.807) is 6.92 Å². The van der Waals surface area contributed by atoms with Gasteiger partial charge in [-0.05, 0) is 42.0 Å². The topological polar surface area (TPSA) is 38.8 Å². The molecule has 1 heterocycles. The summed E-state index contributed by atoms with van der Waals surface area (Å²) in [4.78, 5) is 18.3. The van der Waals surface area contributed by atoms with Crippen LogP contribution < -0.4 is 15.1 Å². The number of nitrogens with one attached hydrogen (secondary N) is 1. The van der Waals surface area contributed by atoms with Crippen LogP contribution >= 0.6 is 0 Å². The van der Waals surface area contributed by atoms with E-state index in [0.29, 0.717) is 6.54 Å². The highest BCUT2D eigenvalue weighted by atomic mass is 19.1. The Bertz CT molecular complexity index is 768. The van der Waals surface area contributed by atoms with Crippen LogP contribution in [0.15, 0.2) is 48.5 Å². The molecular formula is C22H29FN4O. The third kappa shape index (κ3) is 5.01. The molecule has 28 heavy (non-hydrogen) atoms. The van der Waals surface area contributed by atoms with Crippen molar-refractivity contribution < 1.29 is 9.18 Å². The monoisotopic (exact) mass is 384 g/mol. The maximum atomic E-state index is 13.2. The summed E-state index contributed by atoms with van der Waals surface area (Å²) >= 11 is 0. The third-order valence-electron chi connectivity index (χ3n) is 5.29. The van der Waals surface area contributed by atoms with E-state index in [1.807, 2.05) is 26.2 Å². The lowest BCUT2D eigenvalue weighted by Crippen LogP contribution is -2.49. The van der Waals surface area contributed by atoms with Crippen molar-refractivity contribution in [2.24, 2.45) is 0 Å². The van der Waals surface area contributed by atoms with Crippen molar-refractivity contribution in [2.75, 3.05) is 56.6 Å². The normalized spacial score (nSPS) is 15.9. The van der Waals surface area contributed by atoms with Crippen LogP contribution in [0.3, 0.4) is 0 Å². The third-order valence-corrected chi connectivity index (χ3v) is 5.29. The summed E-state index contributed by atoms with van der Waals surface area (Å²) in [5.41, 5.74) is 3.41. The van der Waals surface area contributed by atoms with Gasteiger partial charge in [0.15, 0.2) is 0 Å². The van der Waals surface area contributed by atoms with E-state index in [9.17, 15) is 9.18 Å². The molecule has 1 atom stereocenters. The molecule has 0 saturated carbocycles. The number of carbonyl (C=O) groups excluding carboxylic acids is 1. The lowest BCUT2D eigenvalue weighted by atomic mass is 10.0. The Morgan fingerprint density at radius 3 is 2.18 bits per heavy atom. The van der Waals surface area contributed by atoms with Crippen molar-refractivity contribution in [1.82, 2.24) is 10.2 Å². The summed E-state index contributed by atoms with van der Waals surface area (Å²) in [6.45, 7) is 5.66. The first-order chi connectivity index (χ1) is 13.4. The molecule has 0 spiro atoms. The molecular weight excluding hydrogens is 355 g/mol. The molecule has 1 N–H and O–H groups in total. The van der Waals surface area contributed by atoms with Gasteiger partial charge in [-0.1, -0.05) is 12.1 Å². The maximum Gasteiger partial charge on any atom is 0.216 e. The summed E-state index contributed by atoms with van der Waals surface area (Å²) in [7, 11) is 4.05. The molecule has 3 rings (SSSR count). The van der Waals surface area contributed by atoms with E-state index in [1.165, 1.54) is 17.7 Å². The molecule has 1 aliphatic heterocycles. The van der Waals surface area contributed by atoms with Gasteiger partial charge >= 0.3 is 0 Å². The molecule has 1 fully saturated rings. The van der Waals surface area contributed by atoms with Gasteiger partial charge in [-0.3, -0.25) is 9.69 Å². The number of nitrogens with zero attached hydrogens (tertiary/aromatic N) is 3. The Morgan fingerprint density at radius 1 is 1.04 bits per heavy atom. The van der Waals surface area contributed by atoms with Gasteiger partial charge in [0.2, 0.25) is 5.91 Å². The van der Waals surface area contributed by atoms with Crippen molar-refractivity contribution in [2.45, 2.75) is 13.0 Å². The zero-order valence-electron chi connectivity index (χ0n) is 16.9. The molecule has 0 unspecified atom stereocenters. The molecule has 6 heteroatoms. The predicted molar refractivity (Wildman–Crippen MR) is 112 cm³/mol. The molecule has 2 aromatic rings. The molecule has 0 bridgehead atoms. The van der Waals surface area contributed by atoms with Crippen LogP contribution in [0.2, 0.25) is 0 Å². The molecule has 2 aromatic carbocycles. The molecule has 150 valence electrons. The largest absolute Gasteiger partial charge is 0.378 e. The molecule has 1 saturated heterocycles. The summed E-state index contributed by atoms with van der Waals surface area (Å²) in [5.74, 6) is -0.223. The highest BCUT2D eigenvalue weighted by Gasteiger charge is 2.25. The van der Waals surface area contributed by atoms with E-state index in [0.717, 1.165) is 37.6 Å². The van der Waals surface area contributed by atoms with Crippen molar-refractivity contribution in [1.29, 1.82) is 0 Å². The van der Waals surface area contributed by atoms with Gasteiger partial charge in [0.25, 0.3) is 0 Å². The van der Waals surface area contributed by atoms with Gasteiger partial charge in [-0.2, -0.15) is 0 Å². The molecule has 0 radical (unpaired) electrons. The minimum absolute atomic E-state index is 0.0140. The number of halogens is 1. The minimum Gasteiger partial charge on any atom is -0.378 e. The van der Waals surface area contributed by atoms with Crippen molar-refractivity contribution in [3.05, 3.63) is 59.9 Å². The maximum absolute atomic E-state index is 13.2. The number of piperazine rings is 1. The fraction of sp³-hybridized carbons (Fsp3) is 0.409. The molecule has 0 aromatic heterocycles. The standard InChI is InChI=1S/C22H29FN4O/c1-17(28)24-16-22(18-4-8-20(9-5-18)25(2)3)27-14-12-26(13-15-27)21-10-6-19(23)7-11-21/h4-11,22H,12-16H2,1-3H3,(H,24,28)/t22-/m1/s1. The second-order valence-corrected chi connectivity index (χ2v) is 7.44. The number of hydrogen-bond donors (Lipinski definition) is 1. The lowest BCUT2D eigenvalue weighted by Gasteiger charge is -2.40. The van der Waals surface area contributed by atoms with Crippen molar-refractivity contribution in [3.8, 4) is 0 Å². The fourth-order valence-electron chi connectivity index (χ4n) is 3.64. The van der Waals surface area contributed by atoms with Gasteiger partial charge in [0.05, 0.1) is 6.04 Å². The number of anilines is 2. The van der Waals surface area contributed by atoms with Gasteiger partial charge < -0.3 is 15.1 Å².